The van der Waals surface area contributed by atoms with Crippen LogP contribution in [0.3, 0.4) is 0 Å². The van der Waals surface area contributed by atoms with E-state index in [-0.39, 0.29) is 23.2 Å². The molecule has 1 aromatic carbocycles. The SMILES string of the molecule is Cc1cc(C)nc(NS(=O)(=O)c2ccc(NC(=O)Cc3cn4ccsc4n3)cc2)n1. The molecule has 30 heavy (non-hydrogen) atoms. The van der Waals surface area contributed by atoms with Crippen molar-refractivity contribution in [1.29, 1.82) is 0 Å². The molecule has 0 unspecified atom stereocenters. The predicted octanol–water partition coefficient (Wildman–Crippen LogP) is 2.78. The number of rotatable bonds is 6. The molecular formula is C19H18N6O3S2. The van der Waals surface area contributed by atoms with Gasteiger partial charge in [0.25, 0.3) is 10.0 Å². The number of benzene rings is 1. The number of anilines is 2. The number of aromatic nitrogens is 4. The van der Waals surface area contributed by atoms with Gasteiger partial charge in [-0.15, -0.1) is 11.3 Å². The van der Waals surface area contributed by atoms with E-state index in [4.69, 9.17) is 0 Å². The molecule has 3 aromatic heterocycles. The fourth-order valence-corrected chi connectivity index (χ4v) is 4.56. The molecule has 0 aliphatic carbocycles. The molecule has 0 saturated heterocycles. The fraction of sp³-hybridized carbons (Fsp3) is 0.158. The van der Waals surface area contributed by atoms with E-state index in [1.807, 2.05) is 22.2 Å². The Bertz CT molecular complexity index is 1280. The maximum Gasteiger partial charge on any atom is 0.264 e. The van der Waals surface area contributed by atoms with Crippen molar-refractivity contribution < 1.29 is 13.2 Å². The lowest BCUT2D eigenvalue weighted by Crippen LogP contribution is -2.16. The highest BCUT2D eigenvalue weighted by Crippen LogP contribution is 2.18. The second kappa shape index (κ2) is 7.84. The van der Waals surface area contributed by atoms with Crippen LogP contribution < -0.4 is 10.0 Å². The van der Waals surface area contributed by atoms with Crippen LogP contribution in [-0.2, 0) is 21.2 Å². The molecule has 4 rings (SSSR count). The minimum absolute atomic E-state index is 0.0184. The van der Waals surface area contributed by atoms with E-state index in [1.165, 1.54) is 35.6 Å². The number of nitrogens with one attached hydrogen (secondary N) is 2. The van der Waals surface area contributed by atoms with Crippen LogP contribution in [0.1, 0.15) is 17.1 Å². The maximum absolute atomic E-state index is 12.6. The van der Waals surface area contributed by atoms with Crippen molar-refractivity contribution in [2.24, 2.45) is 0 Å². The van der Waals surface area contributed by atoms with Crippen LogP contribution in [0.4, 0.5) is 11.6 Å². The van der Waals surface area contributed by atoms with Gasteiger partial charge in [0.15, 0.2) is 4.96 Å². The average Bonchev–Trinajstić information content (AvgIpc) is 3.22. The van der Waals surface area contributed by atoms with Crippen LogP contribution in [0, 0.1) is 13.8 Å². The van der Waals surface area contributed by atoms with Crippen molar-refractivity contribution >= 4 is 43.9 Å². The molecule has 154 valence electrons. The van der Waals surface area contributed by atoms with Crippen molar-refractivity contribution in [1.82, 2.24) is 19.4 Å². The van der Waals surface area contributed by atoms with E-state index in [2.05, 4.69) is 25.0 Å². The molecule has 0 atom stereocenters. The van der Waals surface area contributed by atoms with Crippen molar-refractivity contribution in [3.63, 3.8) is 0 Å². The minimum Gasteiger partial charge on any atom is -0.326 e. The van der Waals surface area contributed by atoms with E-state index in [1.54, 1.807) is 19.9 Å². The van der Waals surface area contributed by atoms with Crippen LogP contribution in [-0.4, -0.2) is 33.7 Å². The Morgan fingerprint density at radius 1 is 1.10 bits per heavy atom. The fourth-order valence-electron chi connectivity index (χ4n) is 2.90. The first-order chi connectivity index (χ1) is 14.3. The Kier molecular flexibility index (Phi) is 5.22. The van der Waals surface area contributed by atoms with Gasteiger partial charge in [0.2, 0.25) is 11.9 Å². The molecule has 2 N–H and O–H groups in total. The summed E-state index contributed by atoms with van der Waals surface area (Å²) in [4.78, 5) is 25.7. The molecule has 0 aliphatic rings. The maximum atomic E-state index is 12.6. The molecule has 9 nitrogen and oxygen atoms in total. The molecule has 0 aliphatic heterocycles. The highest BCUT2D eigenvalue weighted by molar-refractivity contribution is 7.92. The van der Waals surface area contributed by atoms with Gasteiger partial charge in [-0.05, 0) is 44.2 Å². The van der Waals surface area contributed by atoms with Gasteiger partial charge in [-0.25, -0.2) is 28.1 Å². The number of sulfonamides is 1. The van der Waals surface area contributed by atoms with Gasteiger partial charge in [0, 0.05) is 34.8 Å². The number of amides is 1. The van der Waals surface area contributed by atoms with Crippen molar-refractivity contribution in [3.05, 3.63) is 65.2 Å². The predicted molar refractivity (Wildman–Crippen MR) is 114 cm³/mol. The van der Waals surface area contributed by atoms with Crippen LogP contribution in [0.15, 0.2) is 53.0 Å². The Hall–Kier alpha value is -3.31. The standard InChI is InChI=1S/C19H18N6O3S2/c1-12-9-13(2)21-18(20-12)24-30(27,28)16-5-3-14(4-6-16)22-17(26)10-15-11-25-7-8-29-19(25)23-15/h3-9,11H,10H2,1-2H3,(H,22,26)(H,20,21,24). The van der Waals surface area contributed by atoms with Crippen LogP contribution in [0.25, 0.3) is 4.96 Å². The summed E-state index contributed by atoms with van der Waals surface area (Å²) >= 11 is 1.49. The second-order valence-corrected chi connectivity index (χ2v) is 9.21. The summed E-state index contributed by atoms with van der Waals surface area (Å²) in [5.74, 6) is -0.219. The number of fused-ring (bicyclic) bond motifs is 1. The summed E-state index contributed by atoms with van der Waals surface area (Å²) in [6, 6.07) is 7.63. The van der Waals surface area contributed by atoms with Crippen LogP contribution in [0.5, 0.6) is 0 Å². The minimum atomic E-state index is -3.85. The molecule has 0 bridgehead atoms. The number of thiazole rings is 1. The second-order valence-electron chi connectivity index (χ2n) is 6.65. The molecule has 0 spiro atoms. The number of imidazole rings is 1. The lowest BCUT2D eigenvalue weighted by Gasteiger charge is -2.09. The van der Waals surface area contributed by atoms with Gasteiger partial charge >= 0.3 is 0 Å². The molecule has 3 heterocycles. The molecule has 0 radical (unpaired) electrons. The molecule has 1 amide bonds. The lowest BCUT2D eigenvalue weighted by atomic mass is 10.3. The number of carbonyl (C=O) groups is 1. The first-order valence-corrected chi connectivity index (χ1v) is 11.3. The van der Waals surface area contributed by atoms with Gasteiger partial charge in [-0.2, -0.15) is 0 Å². The summed E-state index contributed by atoms with van der Waals surface area (Å²) in [5.41, 5.74) is 2.48. The molecular weight excluding hydrogens is 424 g/mol. The van der Waals surface area contributed by atoms with Crippen LogP contribution in [0.2, 0.25) is 0 Å². The van der Waals surface area contributed by atoms with Gasteiger partial charge in [-0.1, -0.05) is 0 Å². The molecule has 0 fully saturated rings. The highest BCUT2D eigenvalue weighted by atomic mass is 32.2. The van der Waals surface area contributed by atoms with Gasteiger partial charge < -0.3 is 5.32 Å². The summed E-state index contributed by atoms with van der Waals surface area (Å²) in [6.07, 6.45) is 3.81. The lowest BCUT2D eigenvalue weighted by molar-refractivity contribution is -0.115. The van der Waals surface area contributed by atoms with E-state index < -0.39 is 10.0 Å². The number of hydrogen-bond donors (Lipinski definition) is 2. The highest BCUT2D eigenvalue weighted by Gasteiger charge is 2.16. The van der Waals surface area contributed by atoms with Crippen molar-refractivity contribution in [3.8, 4) is 0 Å². The molecule has 0 saturated carbocycles. The number of hydrogen-bond acceptors (Lipinski definition) is 7. The zero-order chi connectivity index (χ0) is 21.3. The van der Waals surface area contributed by atoms with E-state index >= 15 is 0 Å². The number of carbonyl (C=O) groups excluding carboxylic acids is 1. The third-order valence-electron chi connectivity index (χ3n) is 4.14. The first kappa shape index (κ1) is 20.0. The number of nitrogens with zero attached hydrogens (tertiary/aromatic N) is 4. The summed E-state index contributed by atoms with van der Waals surface area (Å²) < 4.78 is 29.4. The smallest absolute Gasteiger partial charge is 0.264 e. The van der Waals surface area contributed by atoms with E-state index in [0.717, 1.165) is 4.96 Å². The monoisotopic (exact) mass is 442 g/mol. The zero-order valence-corrected chi connectivity index (χ0v) is 17.8. The van der Waals surface area contributed by atoms with Crippen LogP contribution >= 0.6 is 11.3 Å². The molecule has 4 aromatic rings. The largest absolute Gasteiger partial charge is 0.326 e. The van der Waals surface area contributed by atoms with E-state index in [9.17, 15) is 13.2 Å². The van der Waals surface area contributed by atoms with Crippen molar-refractivity contribution in [2.45, 2.75) is 25.2 Å². The Morgan fingerprint density at radius 2 is 1.80 bits per heavy atom. The molecule has 11 heteroatoms. The quantitative estimate of drug-likeness (QED) is 0.474. The summed E-state index contributed by atoms with van der Waals surface area (Å²) in [6.45, 7) is 3.52. The van der Waals surface area contributed by atoms with Crippen molar-refractivity contribution in [2.75, 3.05) is 10.0 Å². The summed E-state index contributed by atoms with van der Waals surface area (Å²) in [7, 11) is -3.85. The normalized spacial score (nSPS) is 11.5. The average molecular weight is 443 g/mol. The summed E-state index contributed by atoms with van der Waals surface area (Å²) in [5, 5.41) is 4.67. The Morgan fingerprint density at radius 3 is 2.47 bits per heavy atom. The van der Waals surface area contributed by atoms with E-state index in [0.29, 0.717) is 22.8 Å². The topological polar surface area (TPSA) is 118 Å². The van der Waals surface area contributed by atoms with Gasteiger partial charge in [-0.3, -0.25) is 9.20 Å². The zero-order valence-electron chi connectivity index (χ0n) is 16.2. The van der Waals surface area contributed by atoms with Gasteiger partial charge in [0.05, 0.1) is 17.0 Å². The van der Waals surface area contributed by atoms with Gasteiger partial charge in [0.1, 0.15) is 0 Å². The third-order valence-corrected chi connectivity index (χ3v) is 6.26. The Balaban J connectivity index is 1.42. The Labute approximate surface area is 176 Å². The first-order valence-electron chi connectivity index (χ1n) is 8.95. The third kappa shape index (κ3) is 4.47. The number of aryl methyl sites for hydroxylation is 2.